The van der Waals surface area contributed by atoms with Gasteiger partial charge in [0.1, 0.15) is 11.5 Å². The molecule has 152 valence electrons. The van der Waals surface area contributed by atoms with Crippen LogP contribution >= 0.6 is 34.4 Å². The lowest BCUT2D eigenvalue weighted by Gasteiger charge is -2.13. The number of nitrogens with zero attached hydrogens (tertiary/aromatic N) is 1. The van der Waals surface area contributed by atoms with Crippen LogP contribution in [-0.2, 0) is 11.3 Å². The van der Waals surface area contributed by atoms with E-state index in [1.165, 1.54) is 4.90 Å². The molecule has 0 unspecified atom stereocenters. The predicted octanol–water partition coefficient (Wildman–Crippen LogP) is 6.94. The average Bonchev–Trinajstić information content (AvgIpc) is 3.34. The van der Waals surface area contributed by atoms with E-state index in [0.717, 1.165) is 43.0 Å². The summed E-state index contributed by atoms with van der Waals surface area (Å²) in [6.45, 7) is 0.249. The summed E-state index contributed by atoms with van der Waals surface area (Å²) in [4.78, 5) is 27.0. The average molecular weight is 537 g/mol. The molecular formula is C25H16INO3S. The third-order valence-corrected chi connectivity index (χ3v) is 6.68. The Hall–Kier alpha value is -2.84. The van der Waals surface area contributed by atoms with Gasteiger partial charge in [-0.2, -0.15) is 0 Å². The molecule has 1 aliphatic heterocycles. The summed E-state index contributed by atoms with van der Waals surface area (Å²) < 4.78 is 7.03. The van der Waals surface area contributed by atoms with E-state index < -0.39 is 0 Å². The summed E-state index contributed by atoms with van der Waals surface area (Å²) in [5.74, 6) is 0.971. The summed E-state index contributed by atoms with van der Waals surface area (Å²) in [6.07, 6.45) is 1.64. The van der Waals surface area contributed by atoms with Gasteiger partial charge in [-0.25, -0.2) is 0 Å². The number of amides is 2. The highest BCUT2D eigenvalue weighted by molar-refractivity contribution is 14.1. The molecular weight excluding hydrogens is 521 g/mol. The first-order valence-corrected chi connectivity index (χ1v) is 11.6. The van der Waals surface area contributed by atoms with Crippen LogP contribution in [0, 0.1) is 3.57 Å². The van der Waals surface area contributed by atoms with Gasteiger partial charge in [-0.15, -0.1) is 0 Å². The molecule has 0 bridgehead atoms. The van der Waals surface area contributed by atoms with E-state index in [2.05, 4.69) is 22.6 Å². The zero-order chi connectivity index (χ0) is 21.4. The van der Waals surface area contributed by atoms with Crippen LogP contribution in [0.1, 0.15) is 11.3 Å². The summed E-state index contributed by atoms with van der Waals surface area (Å²) >= 11 is 3.20. The molecule has 0 atom stereocenters. The third-order valence-electron chi connectivity index (χ3n) is 5.06. The Labute approximate surface area is 197 Å². The number of benzene rings is 3. The Balaban J connectivity index is 1.36. The number of imide groups is 1. The fourth-order valence-electron chi connectivity index (χ4n) is 3.48. The lowest BCUT2D eigenvalue weighted by molar-refractivity contribution is -0.123. The molecule has 0 aliphatic carbocycles. The van der Waals surface area contributed by atoms with Crippen molar-refractivity contribution in [1.82, 2.24) is 4.90 Å². The smallest absolute Gasteiger partial charge is 0.293 e. The van der Waals surface area contributed by atoms with Crippen molar-refractivity contribution in [2.24, 2.45) is 0 Å². The molecule has 0 spiro atoms. The van der Waals surface area contributed by atoms with Gasteiger partial charge in [-0.05, 0) is 81.0 Å². The molecule has 1 aliphatic rings. The first-order valence-electron chi connectivity index (χ1n) is 9.66. The monoisotopic (exact) mass is 537 g/mol. The molecule has 2 heterocycles. The minimum absolute atomic E-state index is 0.249. The van der Waals surface area contributed by atoms with E-state index in [9.17, 15) is 9.59 Å². The topological polar surface area (TPSA) is 50.5 Å². The lowest BCUT2D eigenvalue weighted by atomic mass is 10.1. The zero-order valence-electron chi connectivity index (χ0n) is 16.2. The van der Waals surface area contributed by atoms with Gasteiger partial charge < -0.3 is 4.42 Å². The van der Waals surface area contributed by atoms with Gasteiger partial charge >= 0.3 is 0 Å². The predicted molar refractivity (Wildman–Crippen MR) is 132 cm³/mol. The largest absolute Gasteiger partial charge is 0.457 e. The summed E-state index contributed by atoms with van der Waals surface area (Å²) in [5.41, 5.74) is 1.88. The van der Waals surface area contributed by atoms with Crippen molar-refractivity contribution in [3.63, 3.8) is 0 Å². The molecule has 3 aromatic carbocycles. The second-order valence-electron chi connectivity index (χ2n) is 7.16. The maximum atomic E-state index is 12.9. The van der Waals surface area contributed by atoms with Crippen LogP contribution in [0.3, 0.4) is 0 Å². The van der Waals surface area contributed by atoms with Crippen LogP contribution in [0.15, 0.2) is 88.2 Å². The number of fused-ring (bicyclic) bond motifs is 1. The molecule has 4 aromatic rings. The van der Waals surface area contributed by atoms with Gasteiger partial charge in [0.25, 0.3) is 11.1 Å². The van der Waals surface area contributed by atoms with E-state index in [4.69, 9.17) is 4.42 Å². The molecule has 1 aromatic heterocycles. The maximum Gasteiger partial charge on any atom is 0.293 e. The number of carbonyl (C=O) groups excluding carboxylic acids is 2. The summed E-state index contributed by atoms with van der Waals surface area (Å²) in [5, 5.41) is 1.94. The van der Waals surface area contributed by atoms with Crippen LogP contribution in [0.4, 0.5) is 4.79 Å². The first kappa shape index (κ1) is 20.1. The summed E-state index contributed by atoms with van der Waals surface area (Å²) in [6, 6.07) is 25.7. The van der Waals surface area contributed by atoms with E-state index in [0.29, 0.717) is 10.7 Å². The minimum Gasteiger partial charge on any atom is -0.457 e. The number of carbonyl (C=O) groups is 2. The Bertz CT molecular complexity index is 1340. The van der Waals surface area contributed by atoms with Crippen LogP contribution in [0.25, 0.3) is 28.2 Å². The molecule has 31 heavy (non-hydrogen) atoms. The normalized spacial score (nSPS) is 15.4. The van der Waals surface area contributed by atoms with Crippen molar-refractivity contribution in [3.05, 3.63) is 98.7 Å². The Morgan fingerprint density at radius 1 is 0.903 bits per heavy atom. The second-order valence-corrected chi connectivity index (χ2v) is 9.40. The fraction of sp³-hybridized carbons (Fsp3) is 0.0400. The lowest BCUT2D eigenvalue weighted by Crippen LogP contribution is -2.27. The van der Waals surface area contributed by atoms with E-state index in [1.807, 2.05) is 78.9 Å². The number of thioether (sulfide) groups is 1. The molecule has 0 radical (unpaired) electrons. The molecule has 6 heteroatoms. The number of halogens is 1. The van der Waals surface area contributed by atoms with Gasteiger partial charge in [0.2, 0.25) is 0 Å². The molecule has 0 saturated carbocycles. The van der Waals surface area contributed by atoms with Crippen LogP contribution in [-0.4, -0.2) is 16.0 Å². The van der Waals surface area contributed by atoms with Gasteiger partial charge in [0.05, 0.1) is 11.4 Å². The first-order chi connectivity index (χ1) is 15.1. The highest BCUT2D eigenvalue weighted by Crippen LogP contribution is 2.34. The van der Waals surface area contributed by atoms with Crippen molar-refractivity contribution in [2.45, 2.75) is 6.54 Å². The Kier molecular flexibility index (Phi) is 5.41. The minimum atomic E-state index is -0.296. The number of hydrogen-bond acceptors (Lipinski definition) is 4. The van der Waals surface area contributed by atoms with Crippen molar-refractivity contribution in [2.75, 3.05) is 0 Å². The van der Waals surface area contributed by atoms with Gasteiger partial charge in [0, 0.05) is 15.2 Å². The SMILES string of the molecule is O=C1S/C(=C\c2ccc(-c3ccc(I)cc3)o2)C(=O)N1Cc1ccc2ccccc2c1. The highest BCUT2D eigenvalue weighted by atomic mass is 127. The van der Waals surface area contributed by atoms with Crippen molar-refractivity contribution in [3.8, 4) is 11.3 Å². The summed E-state index contributed by atoms with van der Waals surface area (Å²) in [7, 11) is 0. The number of hydrogen-bond donors (Lipinski definition) is 0. The van der Waals surface area contributed by atoms with Gasteiger partial charge in [0.15, 0.2) is 0 Å². The van der Waals surface area contributed by atoms with Crippen LogP contribution < -0.4 is 0 Å². The van der Waals surface area contributed by atoms with Crippen molar-refractivity contribution >= 4 is 62.3 Å². The molecule has 4 nitrogen and oxygen atoms in total. The second kappa shape index (κ2) is 8.36. The zero-order valence-corrected chi connectivity index (χ0v) is 19.2. The van der Waals surface area contributed by atoms with Gasteiger partial charge in [-0.1, -0.05) is 48.5 Å². The number of rotatable bonds is 4. The maximum absolute atomic E-state index is 12.9. The fourth-order valence-corrected chi connectivity index (χ4v) is 4.66. The van der Waals surface area contributed by atoms with Crippen LogP contribution in [0.5, 0.6) is 0 Å². The quantitative estimate of drug-likeness (QED) is 0.209. The number of furan rings is 1. The molecule has 5 rings (SSSR count). The Morgan fingerprint density at radius 2 is 1.68 bits per heavy atom. The standard InChI is InChI=1S/C25H16INO3S/c26-20-9-7-18(8-10-20)22-12-11-21(30-22)14-23-24(28)27(25(29)31-23)15-16-5-6-17-3-1-2-4-19(17)13-16/h1-14H,15H2/b23-14-. The Morgan fingerprint density at radius 3 is 2.48 bits per heavy atom. The molecule has 2 amide bonds. The van der Waals surface area contributed by atoms with Crippen molar-refractivity contribution in [1.29, 1.82) is 0 Å². The van der Waals surface area contributed by atoms with Crippen LogP contribution in [0.2, 0.25) is 0 Å². The van der Waals surface area contributed by atoms with E-state index in [-0.39, 0.29) is 17.7 Å². The van der Waals surface area contributed by atoms with Crippen molar-refractivity contribution < 1.29 is 14.0 Å². The van der Waals surface area contributed by atoms with E-state index in [1.54, 1.807) is 6.08 Å². The molecule has 1 fully saturated rings. The van der Waals surface area contributed by atoms with E-state index >= 15 is 0 Å². The molecule has 0 N–H and O–H groups in total. The van der Waals surface area contributed by atoms with Gasteiger partial charge in [-0.3, -0.25) is 14.5 Å². The third kappa shape index (κ3) is 4.18. The molecule has 1 saturated heterocycles. The highest BCUT2D eigenvalue weighted by Gasteiger charge is 2.35.